The van der Waals surface area contributed by atoms with E-state index in [9.17, 15) is 9.59 Å². The summed E-state index contributed by atoms with van der Waals surface area (Å²) >= 11 is 0. The zero-order valence-electron chi connectivity index (χ0n) is 8.81. The highest BCUT2D eigenvalue weighted by molar-refractivity contribution is 5.95. The molecule has 0 aromatic carbocycles. The van der Waals surface area contributed by atoms with E-state index in [0.717, 1.165) is 6.20 Å². The highest BCUT2D eigenvalue weighted by Crippen LogP contribution is 2.18. The van der Waals surface area contributed by atoms with Crippen molar-refractivity contribution in [3.8, 4) is 11.4 Å². The SMILES string of the molecule is O=C(O)c1cnnc(-c2nnccc2C(=O)O)c1. The van der Waals surface area contributed by atoms with Crippen molar-refractivity contribution in [2.75, 3.05) is 0 Å². The number of hydrogen-bond acceptors (Lipinski definition) is 6. The molecule has 2 N–H and O–H groups in total. The first-order valence-electron chi connectivity index (χ1n) is 4.71. The molecule has 2 heterocycles. The summed E-state index contributed by atoms with van der Waals surface area (Å²) < 4.78 is 0. The Balaban J connectivity index is 2.58. The van der Waals surface area contributed by atoms with E-state index in [1.807, 2.05) is 0 Å². The first kappa shape index (κ1) is 11.6. The standard InChI is InChI=1S/C10H6N4O4/c15-9(16)5-3-7(13-12-4-5)8-6(10(17)18)1-2-11-14-8/h1-4H,(H,15,16)(H,17,18). The van der Waals surface area contributed by atoms with E-state index in [4.69, 9.17) is 10.2 Å². The molecular weight excluding hydrogens is 240 g/mol. The molecule has 2 aromatic rings. The lowest BCUT2D eigenvalue weighted by atomic mass is 10.1. The average molecular weight is 246 g/mol. The molecule has 0 spiro atoms. The molecule has 0 radical (unpaired) electrons. The van der Waals surface area contributed by atoms with Gasteiger partial charge in [0.2, 0.25) is 0 Å². The first-order chi connectivity index (χ1) is 8.59. The highest BCUT2D eigenvalue weighted by Gasteiger charge is 2.16. The topological polar surface area (TPSA) is 126 Å². The molecule has 90 valence electrons. The van der Waals surface area contributed by atoms with Gasteiger partial charge in [-0.2, -0.15) is 10.2 Å². The van der Waals surface area contributed by atoms with Crippen molar-refractivity contribution in [2.45, 2.75) is 0 Å². The lowest BCUT2D eigenvalue weighted by Crippen LogP contribution is -2.06. The van der Waals surface area contributed by atoms with Crippen molar-refractivity contribution in [2.24, 2.45) is 0 Å². The van der Waals surface area contributed by atoms with E-state index in [1.54, 1.807) is 0 Å². The smallest absolute Gasteiger partial charge is 0.338 e. The molecule has 0 fully saturated rings. The summed E-state index contributed by atoms with van der Waals surface area (Å²) in [7, 11) is 0. The first-order valence-corrected chi connectivity index (χ1v) is 4.71. The molecule has 0 unspecified atom stereocenters. The molecule has 0 amide bonds. The third-order valence-electron chi connectivity index (χ3n) is 2.10. The maximum atomic E-state index is 11.0. The van der Waals surface area contributed by atoms with Crippen LogP contribution in [0, 0.1) is 0 Å². The fourth-order valence-electron chi connectivity index (χ4n) is 1.29. The summed E-state index contributed by atoms with van der Waals surface area (Å²) in [6.45, 7) is 0. The number of aromatic carboxylic acids is 2. The molecule has 8 heteroatoms. The van der Waals surface area contributed by atoms with Gasteiger partial charge in [-0.1, -0.05) is 0 Å². The van der Waals surface area contributed by atoms with Gasteiger partial charge >= 0.3 is 11.9 Å². The summed E-state index contributed by atoms with van der Waals surface area (Å²) in [6, 6.07) is 2.44. The van der Waals surface area contributed by atoms with E-state index >= 15 is 0 Å². The van der Waals surface area contributed by atoms with E-state index < -0.39 is 11.9 Å². The third kappa shape index (κ3) is 2.12. The maximum absolute atomic E-state index is 11.0. The summed E-state index contributed by atoms with van der Waals surface area (Å²) in [5, 5.41) is 32.1. The molecule has 0 aliphatic carbocycles. The molecule has 8 nitrogen and oxygen atoms in total. The van der Waals surface area contributed by atoms with Gasteiger partial charge in [0.15, 0.2) is 0 Å². The maximum Gasteiger partial charge on any atom is 0.338 e. The number of aromatic nitrogens is 4. The van der Waals surface area contributed by atoms with Crippen LogP contribution < -0.4 is 0 Å². The Labute approximate surface area is 99.9 Å². The Bertz CT molecular complexity index is 629. The van der Waals surface area contributed by atoms with Gasteiger partial charge in [-0.25, -0.2) is 9.59 Å². The van der Waals surface area contributed by atoms with E-state index in [1.165, 1.54) is 18.3 Å². The second kappa shape index (κ2) is 4.53. The van der Waals surface area contributed by atoms with Gasteiger partial charge in [-0.15, -0.1) is 10.2 Å². The van der Waals surface area contributed by atoms with Crippen molar-refractivity contribution in [3.05, 3.63) is 35.7 Å². The normalized spacial score (nSPS) is 10.0. The Hall–Kier alpha value is -2.90. The summed E-state index contributed by atoms with van der Waals surface area (Å²) in [6.07, 6.45) is 2.28. The van der Waals surface area contributed by atoms with Gasteiger partial charge in [0.25, 0.3) is 0 Å². The lowest BCUT2D eigenvalue weighted by Gasteiger charge is -2.02. The van der Waals surface area contributed by atoms with Crippen LogP contribution in [0.2, 0.25) is 0 Å². The second-order valence-electron chi connectivity index (χ2n) is 3.23. The highest BCUT2D eigenvalue weighted by atomic mass is 16.4. The van der Waals surface area contributed by atoms with Gasteiger partial charge in [-0.05, 0) is 12.1 Å². The molecule has 0 saturated carbocycles. The van der Waals surface area contributed by atoms with Crippen molar-refractivity contribution in [1.29, 1.82) is 0 Å². The molecule has 2 aromatic heterocycles. The molecule has 0 atom stereocenters. The molecule has 2 rings (SSSR count). The fourth-order valence-corrected chi connectivity index (χ4v) is 1.29. The van der Waals surface area contributed by atoms with Crippen LogP contribution in [-0.2, 0) is 0 Å². The van der Waals surface area contributed by atoms with Crippen molar-refractivity contribution >= 4 is 11.9 Å². The van der Waals surface area contributed by atoms with Crippen LogP contribution in [0.5, 0.6) is 0 Å². The molecule has 18 heavy (non-hydrogen) atoms. The van der Waals surface area contributed by atoms with Crippen molar-refractivity contribution in [3.63, 3.8) is 0 Å². The number of rotatable bonds is 3. The van der Waals surface area contributed by atoms with Crippen LogP contribution in [0.3, 0.4) is 0 Å². The van der Waals surface area contributed by atoms with Crippen LogP contribution in [0.15, 0.2) is 24.5 Å². The summed E-state index contributed by atoms with van der Waals surface area (Å²) in [5.74, 6) is -2.39. The zero-order chi connectivity index (χ0) is 13.1. The monoisotopic (exact) mass is 246 g/mol. The van der Waals surface area contributed by atoms with Crippen LogP contribution in [0.25, 0.3) is 11.4 Å². The average Bonchev–Trinajstić information content (AvgIpc) is 2.39. The van der Waals surface area contributed by atoms with Crippen molar-refractivity contribution in [1.82, 2.24) is 20.4 Å². The molecule has 0 saturated heterocycles. The summed E-state index contributed by atoms with van der Waals surface area (Å²) in [5.41, 5.74) is -0.218. The summed E-state index contributed by atoms with van der Waals surface area (Å²) in [4.78, 5) is 21.8. The number of carboxylic acid groups (broad SMARTS) is 2. The third-order valence-corrected chi connectivity index (χ3v) is 2.10. The van der Waals surface area contributed by atoms with E-state index in [-0.39, 0.29) is 22.5 Å². The van der Waals surface area contributed by atoms with Crippen LogP contribution in [0.1, 0.15) is 20.7 Å². The predicted molar refractivity (Wildman–Crippen MR) is 57.0 cm³/mol. The van der Waals surface area contributed by atoms with Crippen LogP contribution >= 0.6 is 0 Å². The minimum atomic E-state index is -1.21. The Morgan fingerprint density at radius 1 is 1.06 bits per heavy atom. The second-order valence-corrected chi connectivity index (χ2v) is 3.23. The molecular formula is C10H6N4O4. The Morgan fingerprint density at radius 3 is 2.50 bits per heavy atom. The Kier molecular flexibility index (Phi) is 2.92. The van der Waals surface area contributed by atoms with Crippen LogP contribution in [0.4, 0.5) is 0 Å². The largest absolute Gasteiger partial charge is 0.478 e. The minimum absolute atomic E-state index is 0.0272. The van der Waals surface area contributed by atoms with Gasteiger partial charge in [-0.3, -0.25) is 0 Å². The van der Waals surface area contributed by atoms with Crippen LogP contribution in [-0.4, -0.2) is 42.5 Å². The molecule has 0 bridgehead atoms. The van der Waals surface area contributed by atoms with Gasteiger partial charge < -0.3 is 10.2 Å². The predicted octanol–water partition coefficient (Wildman–Crippen LogP) is 0.330. The van der Waals surface area contributed by atoms with Gasteiger partial charge in [0.1, 0.15) is 11.4 Å². The van der Waals surface area contributed by atoms with E-state index in [2.05, 4.69) is 20.4 Å². The van der Waals surface area contributed by atoms with Gasteiger partial charge in [0.05, 0.1) is 23.5 Å². The Morgan fingerprint density at radius 2 is 1.83 bits per heavy atom. The molecule has 0 aliphatic heterocycles. The number of nitrogens with zero attached hydrogens (tertiary/aromatic N) is 4. The zero-order valence-corrected chi connectivity index (χ0v) is 8.81. The quantitative estimate of drug-likeness (QED) is 0.793. The fraction of sp³-hybridized carbons (Fsp3) is 0. The number of carboxylic acids is 2. The van der Waals surface area contributed by atoms with E-state index in [0.29, 0.717) is 0 Å². The lowest BCUT2D eigenvalue weighted by molar-refractivity contribution is 0.0686. The number of hydrogen-bond donors (Lipinski definition) is 2. The van der Waals surface area contributed by atoms with Crippen molar-refractivity contribution < 1.29 is 19.8 Å². The number of carbonyl (C=O) groups is 2. The van der Waals surface area contributed by atoms with Gasteiger partial charge in [0, 0.05) is 0 Å². The minimum Gasteiger partial charge on any atom is -0.478 e. The molecule has 0 aliphatic rings.